The van der Waals surface area contributed by atoms with Crippen molar-refractivity contribution < 1.29 is 9.53 Å². The quantitative estimate of drug-likeness (QED) is 0.229. The van der Waals surface area contributed by atoms with E-state index in [1.165, 1.54) is 16.9 Å². The molecule has 0 radical (unpaired) electrons. The van der Waals surface area contributed by atoms with Crippen LogP contribution >= 0.6 is 22.7 Å². The van der Waals surface area contributed by atoms with E-state index in [1.807, 2.05) is 42.6 Å². The van der Waals surface area contributed by atoms with Gasteiger partial charge in [-0.1, -0.05) is 68.4 Å². The summed E-state index contributed by atoms with van der Waals surface area (Å²) in [7, 11) is 0. The van der Waals surface area contributed by atoms with E-state index in [9.17, 15) is 4.79 Å². The highest BCUT2D eigenvalue weighted by atomic mass is 32.1. The summed E-state index contributed by atoms with van der Waals surface area (Å²) >= 11 is 3.05. The number of aromatic nitrogens is 2. The fraction of sp³-hybridized carbons (Fsp3) is 0.179. The molecule has 0 aliphatic rings. The Kier molecular flexibility index (Phi) is 6.61. The van der Waals surface area contributed by atoms with Crippen molar-refractivity contribution in [3.05, 3.63) is 82.8 Å². The van der Waals surface area contributed by atoms with Crippen molar-refractivity contribution in [3.63, 3.8) is 0 Å². The first-order valence-corrected chi connectivity index (χ1v) is 13.3. The Morgan fingerprint density at radius 3 is 2.37 bits per heavy atom. The summed E-state index contributed by atoms with van der Waals surface area (Å²) in [5, 5.41) is 9.19. The van der Waals surface area contributed by atoms with Gasteiger partial charge in [0.1, 0.15) is 27.5 Å². The zero-order valence-electron chi connectivity index (χ0n) is 19.7. The molecule has 0 fully saturated rings. The molecule has 0 unspecified atom stereocenters. The van der Waals surface area contributed by atoms with Gasteiger partial charge >= 0.3 is 5.97 Å². The number of thiophene rings is 2. The second kappa shape index (κ2) is 9.98. The van der Waals surface area contributed by atoms with Gasteiger partial charge in [0.2, 0.25) is 0 Å². The molecule has 0 saturated carbocycles. The minimum absolute atomic E-state index is 0.307. The number of hydrogen-bond acceptors (Lipinski definition) is 7. The van der Waals surface area contributed by atoms with Crippen LogP contribution in [0.15, 0.2) is 71.7 Å². The first-order chi connectivity index (χ1) is 17.1. The van der Waals surface area contributed by atoms with Crippen molar-refractivity contribution >= 4 is 49.7 Å². The minimum Gasteiger partial charge on any atom is -0.462 e. The Labute approximate surface area is 212 Å². The molecule has 176 valence electrons. The number of esters is 1. The third-order valence-electron chi connectivity index (χ3n) is 5.85. The van der Waals surface area contributed by atoms with E-state index in [0.717, 1.165) is 32.5 Å². The number of nitrogens with one attached hydrogen (secondary N) is 1. The smallest absolute Gasteiger partial charge is 0.341 e. The molecule has 5 nitrogen and oxygen atoms in total. The van der Waals surface area contributed by atoms with Crippen LogP contribution in [0.3, 0.4) is 0 Å². The number of anilines is 2. The molecule has 5 rings (SSSR count). The van der Waals surface area contributed by atoms with Crippen LogP contribution in [0.4, 0.5) is 10.8 Å². The van der Waals surface area contributed by atoms with Crippen LogP contribution < -0.4 is 5.32 Å². The maximum absolute atomic E-state index is 13.0. The lowest BCUT2D eigenvalue weighted by Gasteiger charge is -2.11. The second-order valence-corrected chi connectivity index (χ2v) is 10.1. The summed E-state index contributed by atoms with van der Waals surface area (Å²) in [6, 6.07) is 18.5. The van der Waals surface area contributed by atoms with Crippen LogP contribution in [0.1, 0.15) is 42.6 Å². The lowest BCUT2D eigenvalue weighted by molar-refractivity contribution is 0.0529. The average molecular weight is 500 g/mol. The van der Waals surface area contributed by atoms with Gasteiger partial charge in [0.25, 0.3) is 0 Å². The van der Waals surface area contributed by atoms with Gasteiger partial charge in [-0.05, 0) is 29.5 Å². The van der Waals surface area contributed by atoms with Gasteiger partial charge in [-0.3, -0.25) is 0 Å². The lowest BCUT2D eigenvalue weighted by atomic mass is 9.99. The van der Waals surface area contributed by atoms with Crippen LogP contribution in [0.2, 0.25) is 0 Å². The Morgan fingerprint density at radius 1 is 0.943 bits per heavy atom. The van der Waals surface area contributed by atoms with Gasteiger partial charge in [-0.2, -0.15) is 0 Å². The van der Waals surface area contributed by atoms with E-state index in [2.05, 4.69) is 58.8 Å². The lowest BCUT2D eigenvalue weighted by Crippen LogP contribution is -2.08. The molecule has 0 spiro atoms. The summed E-state index contributed by atoms with van der Waals surface area (Å²) in [6.07, 6.45) is 1.56. The highest BCUT2D eigenvalue weighted by Crippen LogP contribution is 2.41. The molecule has 35 heavy (non-hydrogen) atoms. The van der Waals surface area contributed by atoms with E-state index in [4.69, 9.17) is 4.74 Å². The molecule has 2 aromatic carbocycles. The van der Waals surface area contributed by atoms with Gasteiger partial charge in [0, 0.05) is 21.9 Å². The minimum atomic E-state index is -0.352. The van der Waals surface area contributed by atoms with Gasteiger partial charge < -0.3 is 10.1 Å². The maximum Gasteiger partial charge on any atom is 0.341 e. The molecule has 3 aromatic heterocycles. The van der Waals surface area contributed by atoms with Crippen LogP contribution in [0.5, 0.6) is 0 Å². The standard InChI is InChI=1S/C28H25N3O2S2/c1-4-33-28(32)24-22(19-8-6-5-7-9-19)15-35-27(24)31-25-23-21(14-34-26(23)30-16-29-25)20-12-10-18(11-13-20)17(2)3/h5-17H,4H2,1-3H3,(H,29,30,31). The topological polar surface area (TPSA) is 64.1 Å². The largest absolute Gasteiger partial charge is 0.462 e. The van der Waals surface area contributed by atoms with Gasteiger partial charge in [-0.25, -0.2) is 14.8 Å². The van der Waals surface area contributed by atoms with Crippen molar-refractivity contribution in [1.82, 2.24) is 9.97 Å². The molecule has 0 bridgehead atoms. The monoisotopic (exact) mass is 499 g/mol. The predicted octanol–water partition coefficient (Wildman–Crippen LogP) is 8.13. The number of hydrogen-bond donors (Lipinski definition) is 1. The van der Waals surface area contributed by atoms with E-state index < -0.39 is 0 Å². The number of nitrogens with zero attached hydrogens (tertiary/aromatic N) is 2. The zero-order valence-corrected chi connectivity index (χ0v) is 21.4. The predicted molar refractivity (Wildman–Crippen MR) is 146 cm³/mol. The summed E-state index contributed by atoms with van der Waals surface area (Å²) in [4.78, 5) is 23.0. The van der Waals surface area contributed by atoms with Crippen molar-refractivity contribution in [2.24, 2.45) is 0 Å². The van der Waals surface area contributed by atoms with Crippen molar-refractivity contribution in [2.75, 3.05) is 11.9 Å². The Hall–Kier alpha value is -3.55. The highest BCUT2D eigenvalue weighted by molar-refractivity contribution is 7.17. The van der Waals surface area contributed by atoms with Crippen LogP contribution in [-0.4, -0.2) is 22.5 Å². The number of benzene rings is 2. The number of ether oxygens (including phenoxy) is 1. The van der Waals surface area contributed by atoms with Gasteiger partial charge in [0.15, 0.2) is 0 Å². The molecule has 0 aliphatic carbocycles. The van der Waals surface area contributed by atoms with E-state index in [-0.39, 0.29) is 5.97 Å². The molecule has 0 saturated heterocycles. The molecular weight excluding hydrogens is 474 g/mol. The third kappa shape index (κ3) is 4.57. The van der Waals surface area contributed by atoms with E-state index in [1.54, 1.807) is 17.7 Å². The molecule has 0 atom stereocenters. The highest BCUT2D eigenvalue weighted by Gasteiger charge is 2.23. The van der Waals surface area contributed by atoms with Crippen LogP contribution in [0, 0.1) is 0 Å². The maximum atomic E-state index is 13.0. The van der Waals surface area contributed by atoms with E-state index >= 15 is 0 Å². The summed E-state index contributed by atoms with van der Waals surface area (Å²) < 4.78 is 5.42. The fourth-order valence-electron chi connectivity index (χ4n) is 4.02. The number of carbonyl (C=O) groups is 1. The molecule has 1 N–H and O–H groups in total. The number of fused-ring (bicyclic) bond motifs is 1. The number of rotatable bonds is 7. The van der Waals surface area contributed by atoms with Gasteiger partial charge in [-0.15, -0.1) is 22.7 Å². The Morgan fingerprint density at radius 2 is 1.66 bits per heavy atom. The molecule has 3 heterocycles. The van der Waals surface area contributed by atoms with Gasteiger partial charge in [0.05, 0.1) is 12.0 Å². The van der Waals surface area contributed by atoms with E-state index in [0.29, 0.717) is 28.9 Å². The number of carbonyl (C=O) groups excluding carboxylic acids is 1. The van der Waals surface area contributed by atoms with Crippen molar-refractivity contribution in [1.29, 1.82) is 0 Å². The summed E-state index contributed by atoms with van der Waals surface area (Å²) in [6.45, 7) is 6.50. The molecule has 5 aromatic rings. The normalized spacial score (nSPS) is 11.2. The summed E-state index contributed by atoms with van der Waals surface area (Å²) in [5.41, 5.74) is 5.81. The van der Waals surface area contributed by atoms with Crippen molar-refractivity contribution in [3.8, 4) is 22.3 Å². The third-order valence-corrected chi connectivity index (χ3v) is 7.63. The zero-order chi connectivity index (χ0) is 24.4. The second-order valence-electron chi connectivity index (χ2n) is 8.39. The molecule has 0 aliphatic heterocycles. The Bertz CT molecular complexity index is 1470. The first kappa shape index (κ1) is 23.2. The van der Waals surface area contributed by atoms with Crippen LogP contribution in [-0.2, 0) is 4.74 Å². The Balaban J connectivity index is 1.59. The SMILES string of the molecule is CCOC(=O)c1c(-c2ccccc2)csc1Nc1ncnc2scc(-c3ccc(C(C)C)cc3)c12. The fourth-order valence-corrected chi connectivity index (χ4v) is 5.90. The first-order valence-electron chi connectivity index (χ1n) is 11.5. The van der Waals surface area contributed by atoms with Crippen LogP contribution in [0.25, 0.3) is 32.5 Å². The molecular formula is C28H25N3O2S2. The molecule has 7 heteroatoms. The summed E-state index contributed by atoms with van der Waals surface area (Å²) in [5.74, 6) is 0.796. The average Bonchev–Trinajstić information content (AvgIpc) is 3.50. The molecule has 0 amide bonds. The van der Waals surface area contributed by atoms with Crippen molar-refractivity contribution in [2.45, 2.75) is 26.7 Å².